The average Bonchev–Trinajstić information content (AvgIpc) is 2.61. The molecule has 2 rings (SSSR count). The van der Waals surface area contributed by atoms with Crippen LogP contribution in [0.1, 0.15) is 12.0 Å². The van der Waals surface area contributed by atoms with E-state index in [4.69, 9.17) is 0 Å². The molecule has 0 aliphatic carbocycles. The van der Waals surface area contributed by atoms with Crippen molar-refractivity contribution < 1.29 is 22.7 Å². The molecule has 0 atom stereocenters. The molecule has 0 aromatic heterocycles. The second-order valence-corrected chi connectivity index (χ2v) is 6.74. The topological polar surface area (TPSA) is 41.6 Å². The van der Waals surface area contributed by atoms with E-state index in [9.17, 15) is 18.0 Å². The standard InChI is InChI=1S/C19H21F3N2O2S/c1-24(13-14-7-3-5-9-16(14)26-19(20,21)22)12-11-18(25)23-15-8-4-6-10-17(15)27-2/h3-10H,11-13H2,1-2H3,(H,23,25). The number of alkyl halides is 3. The van der Waals surface area contributed by atoms with E-state index in [0.717, 1.165) is 10.6 Å². The Hall–Kier alpha value is -2.19. The van der Waals surface area contributed by atoms with Crippen LogP contribution in [0.5, 0.6) is 5.75 Å². The zero-order valence-electron chi connectivity index (χ0n) is 15.0. The van der Waals surface area contributed by atoms with Crippen molar-refractivity contribution in [3.05, 3.63) is 54.1 Å². The second-order valence-electron chi connectivity index (χ2n) is 5.89. The number of anilines is 1. The summed E-state index contributed by atoms with van der Waals surface area (Å²) in [4.78, 5) is 14.9. The summed E-state index contributed by atoms with van der Waals surface area (Å²) in [5, 5.41) is 2.86. The number of halogens is 3. The van der Waals surface area contributed by atoms with Crippen LogP contribution in [0.2, 0.25) is 0 Å². The number of carbonyl (C=O) groups excluding carboxylic acids is 1. The Balaban J connectivity index is 1.89. The second kappa shape index (κ2) is 9.66. The van der Waals surface area contributed by atoms with Crippen LogP contribution in [0.15, 0.2) is 53.4 Å². The zero-order valence-corrected chi connectivity index (χ0v) is 15.9. The summed E-state index contributed by atoms with van der Waals surface area (Å²) in [6.45, 7) is 0.633. The molecular formula is C19H21F3N2O2S. The fourth-order valence-electron chi connectivity index (χ4n) is 2.48. The molecule has 27 heavy (non-hydrogen) atoms. The number of carbonyl (C=O) groups is 1. The van der Waals surface area contributed by atoms with Crippen molar-refractivity contribution in [3.63, 3.8) is 0 Å². The lowest BCUT2D eigenvalue weighted by molar-refractivity contribution is -0.275. The summed E-state index contributed by atoms with van der Waals surface area (Å²) in [6, 6.07) is 13.5. The van der Waals surface area contributed by atoms with Crippen molar-refractivity contribution in [2.24, 2.45) is 0 Å². The summed E-state index contributed by atoms with van der Waals surface area (Å²) >= 11 is 1.54. The fourth-order valence-corrected chi connectivity index (χ4v) is 3.04. The molecule has 0 heterocycles. The number of ether oxygens (including phenoxy) is 1. The van der Waals surface area contributed by atoms with E-state index in [1.807, 2.05) is 30.5 Å². The number of para-hydroxylation sites is 2. The normalized spacial score (nSPS) is 11.5. The lowest BCUT2D eigenvalue weighted by atomic mass is 10.2. The van der Waals surface area contributed by atoms with E-state index >= 15 is 0 Å². The third-order valence-electron chi connectivity index (χ3n) is 3.74. The SMILES string of the molecule is CSc1ccccc1NC(=O)CCN(C)Cc1ccccc1OC(F)(F)F. The Morgan fingerprint density at radius 1 is 1.15 bits per heavy atom. The van der Waals surface area contributed by atoms with Crippen molar-refractivity contribution in [2.75, 3.05) is 25.2 Å². The highest BCUT2D eigenvalue weighted by atomic mass is 32.2. The number of nitrogens with zero attached hydrogens (tertiary/aromatic N) is 1. The molecular weight excluding hydrogens is 377 g/mol. The van der Waals surface area contributed by atoms with Gasteiger partial charge in [0, 0.05) is 30.0 Å². The first kappa shape index (κ1) is 21.1. The van der Waals surface area contributed by atoms with Crippen LogP contribution in [0, 0.1) is 0 Å². The van der Waals surface area contributed by atoms with E-state index in [-0.39, 0.29) is 24.6 Å². The summed E-state index contributed by atoms with van der Waals surface area (Å²) < 4.78 is 41.5. The summed E-state index contributed by atoms with van der Waals surface area (Å²) in [6.07, 6.45) is -2.58. The number of benzene rings is 2. The molecule has 2 aromatic rings. The Morgan fingerprint density at radius 2 is 1.81 bits per heavy atom. The average molecular weight is 398 g/mol. The molecule has 0 saturated heterocycles. The minimum absolute atomic E-state index is 0.150. The number of nitrogens with one attached hydrogen (secondary N) is 1. The lowest BCUT2D eigenvalue weighted by Gasteiger charge is -2.19. The van der Waals surface area contributed by atoms with Gasteiger partial charge in [0.2, 0.25) is 5.91 Å². The summed E-state index contributed by atoms with van der Waals surface area (Å²) in [5.74, 6) is -0.377. The van der Waals surface area contributed by atoms with Gasteiger partial charge in [0.1, 0.15) is 5.75 Å². The monoisotopic (exact) mass is 398 g/mol. The number of thioether (sulfide) groups is 1. The minimum Gasteiger partial charge on any atom is -0.405 e. The first-order valence-electron chi connectivity index (χ1n) is 8.23. The maximum Gasteiger partial charge on any atom is 0.573 e. The van der Waals surface area contributed by atoms with Crippen LogP contribution in [-0.4, -0.2) is 37.0 Å². The van der Waals surface area contributed by atoms with Gasteiger partial charge in [-0.15, -0.1) is 24.9 Å². The van der Waals surface area contributed by atoms with Crippen LogP contribution in [0.3, 0.4) is 0 Å². The first-order valence-corrected chi connectivity index (χ1v) is 9.46. The molecule has 4 nitrogen and oxygen atoms in total. The molecule has 0 radical (unpaired) electrons. The van der Waals surface area contributed by atoms with E-state index in [0.29, 0.717) is 12.1 Å². The van der Waals surface area contributed by atoms with Crippen molar-refractivity contribution in [3.8, 4) is 5.75 Å². The molecule has 0 aliphatic rings. The van der Waals surface area contributed by atoms with Crippen LogP contribution in [0.4, 0.5) is 18.9 Å². The molecule has 0 aliphatic heterocycles. The molecule has 2 aromatic carbocycles. The van der Waals surface area contributed by atoms with Gasteiger partial charge >= 0.3 is 6.36 Å². The van der Waals surface area contributed by atoms with Crippen LogP contribution in [0.25, 0.3) is 0 Å². The van der Waals surface area contributed by atoms with E-state index in [1.165, 1.54) is 23.9 Å². The van der Waals surface area contributed by atoms with Crippen molar-refractivity contribution in [2.45, 2.75) is 24.2 Å². The van der Waals surface area contributed by atoms with Crippen molar-refractivity contribution in [1.29, 1.82) is 0 Å². The van der Waals surface area contributed by atoms with Gasteiger partial charge < -0.3 is 15.0 Å². The van der Waals surface area contributed by atoms with E-state index in [2.05, 4.69) is 10.1 Å². The highest BCUT2D eigenvalue weighted by Gasteiger charge is 2.32. The van der Waals surface area contributed by atoms with Crippen LogP contribution >= 0.6 is 11.8 Å². The maximum absolute atomic E-state index is 12.5. The van der Waals surface area contributed by atoms with Crippen molar-refractivity contribution >= 4 is 23.4 Å². The molecule has 1 amide bonds. The predicted octanol–water partition coefficient (Wildman–Crippen LogP) is 4.77. The third kappa shape index (κ3) is 7.15. The van der Waals surface area contributed by atoms with Crippen LogP contribution < -0.4 is 10.1 Å². The van der Waals surface area contributed by atoms with Gasteiger partial charge in [-0.1, -0.05) is 30.3 Å². The Labute approximate surface area is 160 Å². The van der Waals surface area contributed by atoms with Crippen molar-refractivity contribution in [1.82, 2.24) is 4.90 Å². The lowest BCUT2D eigenvalue weighted by Crippen LogP contribution is -2.25. The predicted molar refractivity (Wildman–Crippen MR) is 101 cm³/mol. The zero-order chi connectivity index (χ0) is 19.9. The molecule has 1 N–H and O–H groups in total. The molecule has 0 saturated carbocycles. The Bertz CT molecular complexity index is 769. The van der Waals surface area contributed by atoms with Gasteiger partial charge in [-0.05, 0) is 31.5 Å². The quantitative estimate of drug-likeness (QED) is 0.651. The van der Waals surface area contributed by atoms with Gasteiger partial charge in [0.05, 0.1) is 5.69 Å². The van der Waals surface area contributed by atoms with E-state index in [1.54, 1.807) is 24.1 Å². The molecule has 146 valence electrons. The molecule has 0 spiro atoms. The van der Waals surface area contributed by atoms with Gasteiger partial charge in [0.15, 0.2) is 0 Å². The van der Waals surface area contributed by atoms with Gasteiger partial charge in [-0.3, -0.25) is 4.79 Å². The summed E-state index contributed by atoms with van der Waals surface area (Å²) in [7, 11) is 1.74. The molecule has 8 heteroatoms. The number of hydrogen-bond donors (Lipinski definition) is 1. The fraction of sp³-hybridized carbons (Fsp3) is 0.316. The smallest absolute Gasteiger partial charge is 0.405 e. The Kier molecular flexibility index (Phi) is 7.55. The van der Waals surface area contributed by atoms with Gasteiger partial charge in [-0.25, -0.2) is 0 Å². The number of hydrogen-bond acceptors (Lipinski definition) is 4. The highest BCUT2D eigenvalue weighted by molar-refractivity contribution is 7.98. The van der Waals surface area contributed by atoms with Gasteiger partial charge in [-0.2, -0.15) is 0 Å². The van der Waals surface area contributed by atoms with E-state index < -0.39 is 6.36 Å². The summed E-state index contributed by atoms with van der Waals surface area (Å²) in [5.41, 5.74) is 1.16. The van der Waals surface area contributed by atoms with Crippen LogP contribution in [-0.2, 0) is 11.3 Å². The highest BCUT2D eigenvalue weighted by Crippen LogP contribution is 2.27. The minimum atomic E-state index is -4.74. The largest absolute Gasteiger partial charge is 0.573 e. The Morgan fingerprint density at radius 3 is 2.52 bits per heavy atom. The first-order chi connectivity index (χ1) is 12.8. The molecule has 0 fully saturated rings. The maximum atomic E-state index is 12.5. The molecule has 0 bridgehead atoms. The number of rotatable bonds is 8. The van der Waals surface area contributed by atoms with Gasteiger partial charge in [0.25, 0.3) is 0 Å². The third-order valence-corrected chi connectivity index (χ3v) is 4.54. The molecule has 0 unspecified atom stereocenters. The number of amides is 1.